The van der Waals surface area contributed by atoms with Gasteiger partial charge in [-0.05, 0) is 51.3 Å². The topological polar surface area (TPSA) is 55.1 Å². The van der Waals surface area contributed by atoms with Crippen molar-refractivity contribution in [2.24, 2.45) is 5.73 Å². The van der Waals surface area contributed by atoms with Gasteiger partial charge in [0, 0.05) is 17.7 Å². The highest BCUT2D eigenvalue weighted by Crippen LogP contribution is 2.26. The van der Waals surface area contributed by atoms with Gasteiger partial charge in [0.25, 0.3) is 0 Å². The van der Waals surface area contributed by atoms with Crippen LogP contribution in [-0.2, 0) is 4.79 Å². The van der Waals surface area contributed by atoms with Gasteiger partial charge < -0.3 is 11.1 Å². The highest BCUT2D eigenvalue weighted by molar-refractivity contribution is 7.99. The van der Waals surface area contributed by atoms with Crippen molar-refractivity contribution in [3.05, 3.63) is 0 Å². The quantitative estimate of drug-likeness (QED) is 0.689. The van der Waals surface area contributed by atoms with Gasteiger partial charge in [0.15, 0.2) is 0 Å². The van der Waals surface area contributed by atoms with E-state index in [-0.39, 0.29) is 5.91 Å². The molecular formula is C13H26N2OS. The molecule has 17 heavy (non-hydrogen) atoms. The second kappa shape index (κ2) is 8.81. The van der Waals surface area contributed by atoms with Crippen molar-refractivity contribution < 1.29 is 4.79 Å². The molecule has 1 saturated carbocycles. The molecule has 3 nitrogen and oxygen atoms in total. The van der Waals surface area contributed by atoms with E-state index in [0.717, 1.165) is 43.9 Å². The first-order valence-electron chi connectivity index (χ1n) is 6.78. The Kier molecular flexibility index (Phi) is 7.69. The molecule has 4 heteroatoms. The van der Waals surface area contributed by atoms with E-state index in [4.69, 9.17) is 5.73 Å². The predicted molar refractivity (Wildman–Crippen MR) is 75.2 cm³/mol. The van der Waals surface area contributed by atoms with Crippen molar-refractivity contribution >= 4 is 17.7 Å². The molecule has 1 fully saturated rings. The van der Waals surface area contributed by atoms with E-state index in [1.54, 1.807) is 0 Å². The zero-order valence-electron chi connectivity index (χ0n) is 10.9. The Hall–Kier alpha value is -0.220. The Labute approximate surface area is 109 Å². The number of thioether (sulfide) groups is 1. The number of carbonyl (C=O) groups is 1. The Morgan fingerprint density at radius 2 is 1.94 bits per heavy atom. The van der Waals surface area contributed by atoms with E-state index in [9.17, 15) is 4.79 Å². The van der Waals surface area contributed by atoms with Crippen molar-refractivity contribution in [2.45, 2.75) is 62.7 Å². The zero-order chi connectivity index (χ0) is 12.5. The van der Waals surface area contributed by atoms with Crippen LogP contribution < -0.4 is 11.1 Å². The largest absolute Gasteiger partial charge is 0.353 e. The smallest absolute Gasteiger partial charge is 0.220 e. The molecule has 1 amide bonds. The van der Waals surface area contributed by atoms with Gasteiger partial charge in [0.1, 0.15) is 0 Å². The van der Waals surface area contributed by atoms with E-state index in [1.807, 2.05) is 11.8 Å². The van der Waals surface area contributed by atoms with Crippen LogP contribution >= 0.6 is 11.8 Å². The van der Waals surface area contributed by atoms with Crippen molar-refractivity contribution in [1.82, 2.24) is 5.32 Å². The van der Waals surface area contributed by atoms with Crippen molar-refractivity contribution in [3.8, 4) is 0 Å². The molecule has 3 N–H and O–H groups in total. The molecule has 0 radical (unpaired) electrons. The molecule has 1 rings (SSSR count). The standard InChI is InChI=1S/C13H26N2OS/c1-17-12-8-6-11(7-9-12)15-13(16)5-3-2-4-10-14/h11-12H,2-10,14H2,1H3,(H,15,16). The molecule has 0 aromatic heterocycles. The van der Waals surface area contributed by atoms with Gasteiger partial charge in [-0.25, -0.2) is 0 Å². The van der Waals surface area contributed by atoms with Gasteiger partial charge in [-0.15, -0.1) is 0 Å². The fourth-order valence-corrected chi connectivity index (χ4v) is 3.09. The number of hydrogen-bond donors (Lipinski definition) is 2. The SMILES string of the molecule is CSC1CCC(NC(=O)CCCCCN)CC1. The Balaban J connectivity index is 2.06. The molecule has 1 aliphatic carbocycles. The maximum absolute atomic E-state index is 11.7. The molecule has 100 valence electrons. The summed E-state index contributed by atoms with van der Waals surface area (Å²) in [6, 6.07) is 0.431. The summed E-state index contributed by atoms with van der Waals surface area (Å²) in [5.74, 6) is 0.231. The Morgan fingerprint density at radius 3 is 2.53 bits per heavy atom. The fraction of sp³-hybridized carbons (Fsp3) is 0.923. The highest BCUT2D eigenvalue weighted by atomic mass is 32.2. The van der Waals surface area contributed by atoms with Gasteiger partial charge in [-0.1, -0.05) is 6.42 Å². The normalized spacial score (nSPS) is 24.6. The van der Waals surface area contributed by atoms with Crippen LogP contribution in [0.1, 0.15) is 51.4 Å². The van der Waals surface area contributed by atoms with Crippen LogP contribution in [0.2, 0.25) is 0 Å². The summed E-state index contributed by atoms with van der Waals surface area (Å²) in [4.78, 5) is 11.7. The van der Waals surface area contributed by atoms with Crippen LogP contribution in [0.4, 0.5) is 0 Å². The molecule has 0 unspecified atom stereocenters. The summed E-state index contributed by atoms with van der Waals surface area (Å²) >= 11 is 1.96. The van der Waals surface area contributed by atoms with Gasteiger partial charge in [-0.3, -0.25) is 4.79 Å². The average molecular weight is 258 g/mol. The third kappa shape index (κ3) is 6.32. The lowest BCUT2D eigenvalue weighted by Crippen LogP contribution is -2.37. The Morgan fingerprint density at radius 1 is 1.24 bits per heavy atom. The summed E-state index contributed by atoms with van der Waals surface area (Å²) in [6.07, 6.45) is 10.7. The van der Waals surface area contributed by atoms with Crippen LogP contribution in [-0.4, -0.2) is 30.0 Å². The first-order chi connectivity index (χ1) is 8.26. The van der Waals surface area contributed by atoms with Gasteiger partial charge >= 0.3 is 0 Å². The predicted octanol–water partition coefficient (Wildman–Crippen LogP) is 2.30. The minimum absolute atomic E-state index is 0.231. The minimum Gasteiger partial charge on any atom is -0.353 e. The number of nitrogens with two attached hydrogens (primary N) is 1. The highest BCUT2D eigenvalue weighted by Gasteiger charge is 2.21. The first-order valence-corrected chi connectivity index (χ1v) is 8.07. The first kappa shape index (κ1) is 14.8. The number of nitrogens with one attached hydrogen (secondary N) is 1. The lowest BCUT2D eigenvalue weighted by molar-refractivity contribution is -0.122. The van der Waals surface area contributed by atoms with Crippen LogP contribution in [0, 0.1) is 0 Å². The maximum Gasteiger partial charge on any atom is 0.220 e. The second-order valence-corrected chi connectivity index (χ2v) is 6.01. The molecule has 0 spiro atoms. The molecule has 0 bridgehead atoms. The molecule has 0 aromatic rings. The second-order valence-electron chi connectivity index (χ2n) is 4.88. The van der Waals surface area contributed by atoms with E-state index in [1.165, 1.54) is 12.8 Å². The number of amides is 1. The van der Waals surface area contributed by atoms with Crippen molar-refractivity contribution in [2.75, 3.05) is 12.8 Å². The molecule has 0 atom stereocenters. The van der Waals surface area contributed by atoms with Gasteiger partial charge in [0.2, 0.25) is 5.91 Å². The van der Waals surface area contributed by atoms with Crippen molar-refractivity contribution in [1.29, 1.82) is 0 Å². The van der Waals surface area contributed by atoms with Crippen LogP contribution in [0.15, 0.2) is 0 Å². The summed E-state index contributed by atoms with van der Waals surface area (Å²) in [6.45, 7) is 0.736. The fourth-order valence-electron chi connectivity index (χ4n) is 2.35. The number of unbranched alkanes of at least 4 members (excludes halogenated alkanes) is 2. The van der Waals surface area contributed by atoms with Crippen molar-refractivity contribution in [3.63, 3.8) is 0 Å². The summed E-state index contributed by atoms with van der Waals surface area (Å²) in [7, 11) is 0. The third-order valence-corrected chi connectivity index (χ3v) is 4.62. The molecule has 1 aliphatic rings. The monoisotopic (exact) mass is 258 g/mol. The molecular weight excluding hydrogens is 232 g/mol. The third-order valence-electron chi connectivity index (χ3n) is 3.48. The maximum atomic E-state index is 11.7. The summed E-state index contributed by atoms with van der Waals surface area (Å²) in [5.41, 5.74) is 5.42. The van der Waals surface area contributed by atoms with Crippen LogP contribution in [0.5, 0.6) is 0 Å². The Bertz CT molecular complexity index is 215. The molecule has 0 aromatic carbocycles. The van der Waals surface area contributed by atoms with Gasteiger partial charge in [-0.2, -0.15) is 11.8 Å². The minimum atomic E-state index is 0.231. The summed E-state index contributed by atoms with van der Waals surface area (Å²) < 4.78 is 0. The van der Waals surface area contributed by atoms with E-state index in [2.05, 4.69) is 11.6 Å². The van der Waals surface area contributed by atoms with Crippen LogP contribution in [0.25, 0.3) is 0 Å². The van der Waals surface area contributed by atoms with Crippen LogP contribution in [0.3, 0.4) is 0 Å². The van der Waals surface area contributed by atoms with E-state index < -0.39 is 0 Å². The summed E-state index contributed by atoms with van der Waals surface area (Å²) in [5, 5.41) is 3.97. The zero-order valence-corrected chi connectivity index (χ0v) is 11.7. The lowest BCUT2D eigenvalue weighted by Gasteiger charge is -2.28. The van der Waals surface area contributed by atoms with E-state index in [0.29, 0.717) is 12.5 Å². The van der Waals surface area contributed by atoms with E-state index >= 15 is 0 Å². The lowest BCUT2D eigenvalue weighted by atomic mass is 9.95. The number of rotatable bonds is 7. The number of carbonyl (C=O) groups excluding carboxylic acids is 1. The number of hydrogen-bond acceptors (Lipinski definition) is 3. The van der Waals surface area contributed by atoms with Gasteiger partial charge in [0.05, 0.1) is 0 Å². The average Bonchev–Trinajstić information content (AvgIpc) is 2.36. The molecule has 0 saturated heterocycles. The molecule has 0 aliphatic heterocycles. The molecule has 0 heterocycles.